The van der Waals surface area contributed by atoms with Gasteiger partial charge in [0, 0.05) is 17.8 Å². The number of nitrogens with two attached hydrogens (primary N) is 2. The molecule has 3 nitrogen and oxygen atoms in total. The first-order chi connectivity index (χ1) is 7.51. The zero-order chi connectivity index (χ0) is 11.8. The van der Waals surface area contributed by atoms with E-state index in [9.17, 15) is 4.39 Å². The van der Waals surface area contributed by atoms with Crippen LogP contribution in [0.5, 0.6) is 0 Å². The van der Waals surface area contributed by atoms with Crippen molar-refractivity contribution in [1.82, 2.24) is 4.98 Å². The minimum Gasteiger partial charge on any atom is -0.383 e. The van der Waals surface area contributed by atoms with Crippen molar-refractivity contribution in [1.29, 1.82) is 0 Å². The number of halogens is 1. The van der Waals surface area contributed by atoms with Crippen LogP contribution < -0.4 is 11.5 Å². The van der Waals surface area contributed by atoms with E-state index in [1.165, 1.54) is 0 Å². The van der Waals surface area contributed by atoms with Crippen LogP contribution in [0.3, 0.4) is 0 Å². The topological polar surface area (TPSA) is 64.9 Å². The molecule has 0 radical (unpaired) electrons. The Morgan fingerprint density at radius 1 is 1.44 bits per heavy atom. The summed E-state index contributed by atoms with van der Waals surface area (Å²) in [5.41, 5.74) is 11.7. The number of rotatable bonds is 1. The molecule has 2 rings (SSSR count). The van der Waals surface area contributed by atoms with E-state index in [1.807, 2.05) is 6.92 Å². The summed E-state index contributed by atoms with van der Waals surface area (Å²) in [5.74, 6) is 0.309. The van der Waals surface area contributed by atoms with E-state index in [0.717, 1.165) is 5.56 Å². The molecule has 4 N–H and O–H groups in total. The fraction of sp³-hybridized carbons (Fsp3) is 0.583. The zero-order valence-corrected chi connectivity index (χ0v) is 9.54. The van der Waals surface area contributed by atoms with Crippen LogP contribution in [0, 0.1) is 6.92 Å². The number of nitrogens with zero attached hydrogens (tertiary/aromatic N) is 1. The van der Waals surface area contributed by atoms with Crippen LogP contribution in [-0.4, -0.2) is 11.0 Å². The first-order valence-corrected chi connectivity index (χ1v) is 5.68. The van der Waals surface area contributed by atoms with Crippen molar-refractivity contribution in [2.24, 2.45) is 5.73 Å². The normalized spacial score (nSPS) is 30.3. The molecule has 1 saturated carbocycles. The number of aromatic nitrogens is 1. The van der Waals surface area contributed by atoms with Gasteiger partial charge in [-0.15, -0.1) is 0 Å². The van der Waals surface area contributed by atoms with Gasteiger partial charge in [0.15, 0.2) is 0 Å². The SMILES string of the molecule is Cc1cnc(N)c(C2(F)CCC(N)CC2)c1. The van der Waals surface area contributed by atoms with Gasteiger partial charge in [0.05, 0.1) is 0 Å². The Balaban J connectivity index is 2.32. The maximum Gasteiger partial charge on any atom is 0.139 e. The molecule has 0 bridgehead atoms. The molecular formula is C12H18FN3. The standard InChI is InChI=1S/C12H18FN3/c1-8-6-10(11(15)16-7-8)12(13)4-2-9(14)3-5-12/h6-7,9H,2-5,14H2,1H3,(H2,15,16). The Labute approximate surface area is 95.0 Å². The van der Waals surface area contributed by atoms with E-state index in [4.69, 9.17) is 11.5 Å². The third-order valence-electron chi connectivity index (χ3n) is 3.36. The second kappa shape index (κ2) is 4.01. The summed E-state index contributed by atoms with van der Waals surface area (Å²) < 4.78 is 14.7. The van der Waals surface area contributed by atoms with Crippen molar-refractivity contribution < 1.29 is 4.39 Å². The summed E-state index contributed by atoms with van der Waals surface area (Å²) in [6.45, 7) is 1.90. The van der Waals surface area contributed by atoms with Gasteiger partial charge in [0.25, 0.3) is 0 Å². The number of alkyl halides is 1. The lowest BCUT2D eigenvalue weighted by molar-refractivity contribution is 0.0983. The number of nitrogen functional groups attached to an aromatic ring is 1. The lowest BCUT2D eigenvalue weighted by Crippen LogP contribution is -2.34. The van der Waals surface area contributed by atoms with Crippen molar-refractivity contribution in [3.05, 3.63) is 23.4 Å². The molecule has 16 heavy (non-hydrogen) atoms. The second-order valence-corrected chi connectivity index (χ2v) is 4.75. The van der Waals surface area contributed by atoms with Crippen LogP contribution in [-0.2, 0) is 5.67 Å². The third-order valence-corrected chi connectivity index (χ3v) is 3.36. The quantitative estimate of drug-likeness (QED) is 0.765. The number of anilines is 1. The highest BCUT2D eigenvalue weighted by atomic mass is 19.1. The van der Waals surface area contributed by atoms with Crippen LogP contribution in [0.25, 0.3) is 0 Å². The van der Waals surface area contributed by atoms with E-state index in [1.54, 1.807) is 12.3 Å². The lowest BCUT2D eigenvalue weighted by Gasteiger charge is -2.33. The van der Waals surface area contributed by atoms with Crippen molar-refractivity contribution >= 4 is 5.82 Å². The van der Waals surface area contributed by atoms with E-state index in [2.05, 4.69) is 4.98 Å². The molecule has 0 aromatic carbocycles. The Kier molecular flexibility index (Phi) is 2.84. The van der Waals surface area contributed by atoms with Gasteiger partial charge in [-0.1, -0.05) is 0 Å². The van der Waals surface area contributed by atoms with Gasteiger partial charge >= 0.3 is 0 Å². The molecule has 1 heterocycles. The van der Waals surface area contributed by atoms with E-state index in [0.29, 0.717) is 37.1 Å². The highest BCUT2D eigenvalue weighted by Crippen LogP contribution is 2.42. The van der Waals surface area contributed by atoms with Crippen LogP contribution in [0.1, 0.15) is 36.8 Å². The van der Waals surface area contributed by atoms with Gasteiger partial charge in [0.1, 0.15) is 11.5 Å². The molecule has 0 unspecified atom stereocenters. The fourth-order valence-corrected chi connectivity index (χ4v) is 2.31. The van der Waals surface area contributed by atoms with Crippen molar-refractivity contribution in [3.63, 3.8) is 0 Å². The second-order valence-electron chi connectivity index (χ2n) is 4.75. The largest absolute Gasteiger partial charge is 0.383 e. The molecule has 1 aromatic heterocycles. The molecular weight excluding hydrogens is 205 g/mol. The molecule has 88 valence electrons. The van der Waals surface area contributed by atoms with Gasteiger partial charge in [-0.2, -0.15) is 0 Å². The van der Waals surface area contributed by atoms with E-state index >= 15 is 0 Å². The molecule has 1 fully saturated rings. The zero-order valence-electron chi connectivity index (χ0n) is 9.54. The summed E-state index contributed by atoms with van der Waals surface area (Å²) in [4.78, 5) is 4.02. The summed E-state index contributed by atoms with van der Waals surface area (Å²) in [6, 6.07) is 1.93. The first kappa shape index (κ1) is 11.3. The number of hydrogen-bond donors (Lipinski definition) is 2. The molecule has 1 aliphatic rings. The molecule has 0 amide bonds. The van der Waals surface area contributed by atoms with E-state index < -0.39 is 5.67 Å². The molecule has 0 spiro atoms. The average molecular weight is 223 g/mol. The first-order valence-electron chi connectivity index (χ1n) is 5.68. The van der Waals surface area contributed by atoms with Gasteiger partial charge in [0.2, 0.25) is 0 Å². The predicted octanol–water partition coefficient (Wildman–Crippen LogP) is 2.04. The van der Waals surface area contributed by atoms with Crippen LogP contribution >= 0.6 is 0 Å². The summed E-state index contributed by atoms with van der Waals surface area (Å²) in [6.07, 6.45) is 3.98. The Hall–Kier alpha value is -1.16. The predicted molar refractivity (Wildman–Crippen MR) is 62.6 cm³/mol. The minimum atomic E-state index is -1.33. The van der Waals surface area contributed by atoms with Gasteiger partial charge in [-0.25, -0.2) is 9.37 Å². The summed E-state index contributed by atoms with van der Waals surface area (Å²) >= 11 is 0. The van der Waals surface area contributed by atoms with Gasteiger partial charge < -0.3 is 11.5 Å². The molecule has 0 atom stereocenters. The van der Waals surface area contributed by atoms with Crippen molar-refractivity contribution in [2.45, 2.75) is 44.3 Å². The third kappa shape index (κ3) is 2.02. The highest BCUT2D eigenvalue weighted by Gasteiger charge is 2.37. The monoisotopic (exact) mass is 223 g/mol. The minimum absolute atomic E-state index is 0.128. The molecule has 1 aromatic rings. The van der Waals surface area contributed by atoms with Crippen molar-refractivity contribution in [2.75, 3.05) is 5.73 Å². The number of aryl methyl sites for hydroxylation is 1. The summed E-state index contributed by atoms with van der Waals surface area (Å²) in [7, 11) is 0. The van der Waals surface area contributed by atoms with Crippen LogP contribution in [0.15, 0.2) is 12.3 Å². The van der Waals surface area contributed by atoms with Crippen LogP contribution in [0.2, 0.25) is 0 Å². The van der Waals surface area contributed by atoms with Gasteiger partial charge in [-0.05, 0) is 44.2 Å². The van der Waals surface area contributed by atoms with Crippen molar-refractivity contribution in [3.8, 4) is 0 Å². The Morgan fingerprint density at radius 2 is 2.06 bits per heavy atom. The maximum atomic E-state index is 14.7. The highest BCUT2D eigenvalue weighted by molar-refractivity contribution is 5.45. The molecule has 0 aliphatic heterocycles. The number of pyridine rings is 1. The maximum absolute atomic E-state index is 14.7. The van der Waals surface area contributed by atoms with Crippen LogP contribution in [0.4, 0.5) is 10.2 Å². The Bertz CT molecular complexity index is 384. The molecule has 1 aliphatic carbocycles. The lowest BCUT2D eigenvalue weighted by atomic mass is 9.79. The summed E-state index contributed by atoms with van der Waals surface area (Å²) in [5, 5.41) is 0. The Morgan fingerprint density at radius 3 is 2.69 bits per heavy atom. The number of hydrogen-bond acceptors (Lipinski definition) is 3. The van der Waals surface area contributed by atoms with E-state index in [-0.39, 0.29) is 6.04 Å². The smallest absolute Gasteiger partial charge is 0.139 e. The van der Waals surface area contributed by atoms with Gasteiger partial charge in [-0.3, -0.25) is 0 Å². The molecule has 4 heteroatoms. The fourth-order valence-electron chi connectivity index (χ4n) is 2.31. The molecule has 0 saturated heterocycles. The average Bonchev–Trinajstić information content (AvgIpc) is 2.26.